The average Bonchev–Trinajstić information content (AvgIpc) is 2.63. The maximum absolute atomic E-state index is 13.2. The van der Waals surface area contributed by atoms with Crippen LogP contribution in [0.1, 0.15) is 21.9 Å². The molecule has 0 atom stereocenters. The van der Waals surface area contributed by atoms with Crippen molar-refractivity contribution in [3.63, 3.8) is 0 Å². The number of carbonyl (C=O) groups is 1. The Bertz CT molecular complexity index is 945. The third kappa shape index (κ3) is 5.31. The van der Waals surface area contributed by atoms with Crippen LogP contribution in [-0.4, -0.2) is 22.4 Å². The Morgan fingerprint density at radius 2 is 1.78 bits per heavy atom. The summed E-state index contributed by atoms with van der Waals surface area (Å²) in [5.74, 6) is -0.213. The summed E-state index contributed by atoms with van der Waals surface area (Å²) >= 11 is 0. The lowest BCUT2D eigenvalue weighted by atomic mass is 10.1. The number of benzene rings is 2. The van der Waals surface area contributed by atoms with Crippen LogP contribution in [0.5, 0.6) is 0 Å². The second-order valence-corrected chi connectivity index (χ2v) is 5.95. The van der Waals surface area contributed by atoms with Crippen LogP contribution >= 0.6 is 0 Å². The van der Waals surface area contributed by atoms with Crippen molar-refractivity contribution in [1.82, 2.24) is 9.97 Å². The normalized spacial score (nSPS) is 10.5. The molecule has 0 unspecified atom stereocenters. The van der Waals surface area contributed by atoms with Gasteiger partial charge in [-0.15, -0.1) is 0 Å². The monoisotopic (exact) mass is 368 g/mol. The van der Waals surface area contributed by atoms with Gasteiger partial charge in [0.15, 0.2) is 0 Å². The molecular weight excluding hydrogens is 350 g/mol. The van der Waals surface area contributed by atoms with Crippen LogP contribution in [0.2, 0.25) is 0 Å². The van der Waals surface area contributed by atoms with Gasteiger partial charge in [-0.2, -0.15) is 0 Å². The standard InChI is InChI=1S/C20H18F2N4O/c1-13-24-18(20(27)26-17-4-2-3-16(22)11-17)12-19(25-13)23-10-9-14-5-7-15(21)8-6-14/h2-8,11-12H,9-10H2,1H3,(H,26,27)(H,23,24,25). The summed E-state index contributed by atoms with van der Waals surface area (Å²) in [5.41, 5.74) is 1.51. The molecule has 0 aliphatic carbocycles. The lowest BCUT2D eigenvalue weighted by molar-refractivity contribution is 0.102. The Morgan fingerprint density at radius 1 is 1.00 bits per heavy atom. The summed E-state index contributed by atoms with van der Waals surface area (Å²) in [6.07, 6.45) is 0.675. The number of aryl methyl sites for hydroxylation is 1. The SMILES string of the molecule is Cc1nc(NCCc2ccc(F)cc2)cc(C(=O)Nc2cccc(F)c2)n1. The molecule has 1 aromatic heterocycles. The first-order valence-electron chi connectivity index (χ1n) is 8.40. The highest BCUT2D eigenvalue weighted by Gasteiger charge is 2.11. The first kappa shape index (κ1) is 18.4. The van der Waals surface area contributed by atoms with Crippen LogP contribution in [0.25, 0.3) is 0 Å². The molecule has 0 aliphatic rings. The smallest absolute Gasteiger partial charge is 0.274 e. The minimum Gasteiger partial charge on any atom is -0.370 e. The quantitative estimate of drug-likeness (QED) is 0.691. The fraction of sp³-hybridized carbons (Fsp3) is 0.150. The molecule has 3 aromatic rings. The summed E-state index contributed by atoms with van der Waals surface area (Å²) in [5, 5.41) is 5.74. The van der Waals surface area contributed by atoms with E-state index >= 15 is 0 Å². The van der Waals surface area contributed by atoms with Crippen LogP contribution < -0.4 is 10.6 Å². The molecule has 2 N–H and O–H groups in total. The fourth-order valence-corrected chi connectivity index (χ4v) is 2.52. The van der Waals surface area contributed by atoms with E-state index in [4.69, 9.17) is 0 Å². The molecule has 0 spiro atoms. The number of anilines is 2. The molecule has 138 valence electrons. The van der Waals surface area contributed by atoms with Crippen LogP contribution in [0, 0.1) is 18.6 Å². The number of nitrogens with one attached hydrogen (secondary N) is 2. The van der Waals surface area contributed by atoms with E-state index in [1.54, 1.807) is 25.1 Å². The molecule has 0 bridgehead atoms. The Kier molecular flexibility index (Phi) is 5.71. The highest BCUT2D eigenvalue weighted by atomic mass is 19.1. The second-order valence-electron chi connectivity index (χ2n) is 5.95. The maximum Gasteiger partial charge on any atom is 0.274 e. The number of carbonyl (C=O) groups excluding carboxylic acids is 1. The van der Waals surface area contributed by atoms with Gasteiger partial charge in [0.1, 0.15) is 29.0 Å². The van der Waals surface area contributed by atoms with E-state index in [0.717, 1.165) is 5.56 Å². The first-order valence-corrected chi connectivity index (χ1v) is 8.40. The summed E-state index contributed by atoms with van der Waals surface area (Å²) in [7, 11) is 0. The van der Waals surface area contributed by atoms with E-state index < -0.39 is 11.7 Å². The summed E-state index contributed by atoms with van der Waals surface area (Å²) in [6.45, 7) is 2.25. The summed E-state index contributed by atoms with van der Waals surface area (Å²) < 4.78 is 26.2. The summed E-state index contributed by atoms with van der Waals surface area (Å²) in [6, 6.07) is 13.4. The zero-order valence-electron chi connectivity index (χ0n) is 14.7. The highest BCUT2D eigenvalue weighted by molar-refractivity contribution is 6.03. The molecule has 0 saturated carbocycles. The van der Waals surface area contributed by atoms with Gasteiger partial charge in [-0.25, -0.2) is 18.7 Å². The Morgan fingerprint density at radius 3 is 2.52 bits per heavy atom. The van der Waals surface area contributed by atoms with Gasteiger partial charge >= 0.3 is 0 Å². The van der Waals surface area contributed by atoms with Crippen molar-refractivity contribution in [2.75, 3.05) is 17.2 Å². The van der Waals surface area contributed by atoms with Gasteiger partial charge in [-0.3, -0.25) is 4.79 Å². The number of rotatable bonds is 6. The number of amides is 1. The first-order chi connectivity index (χ1) is 13.0. The third-order valence-corrected chi connectivity index (χ3v) is 3.79. The molecular formula is C20H18F2N4O. The van der Waals surface area contributed by atoms with Gasteiger partial charge in [-0.1, -0.05) is 18.2 Å². The van der Waals surface area contributed by atoms with Crippen molar-refractivity contribution >= 4 is 17.4 Å². The number of nitrogens with zero attached hydrogens (tertiary/aromatic N) is 2. The molecule has 7 heteroatoms. The Hall–Kier alpha value is -3.35. The molecule has 27 heavy (non-hydrogen) atoms. The molecule has 0 aliphatic heterocycles. The van der Waals surface area contributed by atoms with Crippen LogP contribution in [0.3, 0.4) is 0 Å². The van der Waals surface area contributed by atoms with Crippen molar-refractivity contribution < 1.29 is 13.6 Å². The molecule has 0 radical (unpaired) electrons. The van der Waals surface area contributed by atoms with Crippen molar-refractivity contribution in [1.29, 1.82) is 0 Å². The fourth-order valence-electron chi connectivity index (χ4n) is 2.52. The average molecular weight is 368 g/mol. The van der Waals surface area contributed by atoms with Gasteiger partial charge in [-0.05, 0) is 49.2 Å². The molecule has 0 saturated heterocycles. The van der Waals surface area contributed by atoms with E-state index in [9.17, 15) is 13.6 Å². The molecule has 5 nitrogen and oxygen atoms in total. The molecule has 1 heterocycles. The van der Waals surface area contributed by atoms with Gasteiger partial charge < -0.3 is 10.6 Å². The predicted octanol–water partition coefficient (Wildman–Crippen LogP) is 3.97. The van der Waals surface area contributed by atoms with Gasteiger partial charge in [0, 0.05) is 18.3 Å². The van der Waals surface area contributed by atoms with Crippen LogP contribution in [0.15, 0.2) is 54.6 Å². The van der Waals surface area contributed by atoms with Gasteiger partial charge in [0.25, 0.3) is 5.91 Å². The molecule has 0 fully saturated rings. The highest BCUT2D eigenvalue weighted by Crippen LogP contribution is 2.13. The second kappa shape index (κ2) is 8.35. The molecule has 1 amide bonds. The lowest BCUT2D eigenvalue weighted by Gasteiger charge is -2.09. The minimum absolute atomic E-state index is 0.177. The van der Waals surface area contributed by atoms with E-state index in [2.05, 4.69) is 20.6 Å². The molecule has 2 aromatic carbocycles. The number of halogens is 2. The van der Waals surface area contributed by atoms with E-state index in [-0.39, 0.29) is 11.5 Å². The van der Waals surface area contributed by atoms with Crippen LogP contribution in [0.4, 0.5) is 20.3 Å². The topological polar surface area (TPSA) is 66.9 Å². The van der Waals surface area contributed by atoms with E-state index in [1.165, 1.54) is 36.4 Å². The van der Waals surface area contributed by atoms with Crippen molar-refractivity contribution in [2.45, 2.75) is 13.3 Å². The van der Waals surface area contributed by atoms with Gasteiger partial charge in [0.05, 0.1) is 0 Å². The number of aromatic nitrogens is 2. The largest absolute Gasteiger partial charge is 0.370 e. The minimum atomic E-state index is -0.451. The zero-order chi connectivity index (χ0) is 19.2. The third-order valence-electron chi connectivity index (χ3n) is 3.79. The zero-order valence-corrected chi connectivity index (χ0v) is 14.7. The number of hydrogen-bond donors (Lipinski definition) is 2. The van der Waals surface area contributed by atoms with Crippen LogP contribution in [-0.2, 0) is 6.42 Å². The van der Waals surface area contributed by atoms with Crippen molar-refractivity contribution in [3.05, 3.63) is 83.3 Å². The maximum atomic E-state index is 13.2. The summed E-state index contributed by atoms with van der Waals surface area (Å²) in [4.78, 5) is 20.8. The number of hydrogen-bond acceptors (Lipinski definition) is 4. The molecule has 3 rings (SSSR count). The van der Waals surface area contributed by atoms with E-state index in [0.29, 0.717) is 30.3 Å². The predicted molar refractivity (Wildman–Crippen MR) is 99.7 cm³/mol. The Labute approximate surface area is 155 Å². The van der Waals surface area contributed by atoms with E-state index in [1.807, 2.05) is 0 Å². The van der Waals surface area contributed by atoms with Gasteiger partial charge in [0.2, 0.25) is 0 Å². The Balaban J connectivity index is 1.64. The van der Waals surface area contributed by atoms with Crippen molar-refractivity contribution in [3.8, 4) is 0 Å². The lowest BCUT2D eigenvalue weighted by Crippen LogP contribution is -2.16. The van der Waals surface area contributed by atoms with Crippen molar-refractivity contribution in [2.24, 2.45) is 0 Å².